The molecule has 1 heterocycles. The van der Waals surface area contributed by atoms with E-state index in [2.05, 4.69) is 11.4 Å². The van der Waals surface area contributed by atoms with E-state index in [0.29, 0.717) is 61.8 Å². The van der Waals surface area contributed by atoms with Crippen LogP contribution in [0.3, 0.4) is 0 Å². The van der Waals surface area contributed by atoms with Crippen molar-refractivity contribution in [2.75, 3.05) is 52.9 Å². The van der Waals surface area contributed by atoms with E-state index < -0.39 is 6.03 Å². The van der Waals surface area contributed by atoms with Crippen molar-refractivity contribution >= 4 is 29.0 Å². The summed E-state index contributed by atoms with van der Waals surface area (Å²) in [6.45, 7) is 1.61. The lowest BCUT2D eigenvalue weighted by Crippen LogP contribution is -2.45. The Morgan fingerprint density at radius 3 is 2.49 bits per heavy atom. The summed E-state index contributed by atoms with van der Waals surface area (Å²) in [6, 6.07) is 18.0. The minimum absolute atomic E-state index is 0.0925. The quantitative estimate of drug-likeness (QED) is 0.290. The molecule has 1 N–H and O–H groups in total. The van der Waals surface area contributed by atoms with Crippen LogP contribution in [-0.2, 0) is 22.5 Å². The van der Waals surface area contributed by atoms with E-state index in [0.717, 1.165) is 10.4 Å². The number of rotatable bonds is 14. The average Bonchev–Trinajstić information content (AvgIpc) is 3.47. The summed E-state index contributed by atoms with van der Waals surface area (Å²) >= 11 is 1.58. The predicted octanol–water partition coefficient (Wildman–Crippen LogP) is 4.78. The van der Waals surface area contributed by atoms with Crippen LogP contribution < -0.4 is 14.8 Å². The summed E-state index contributed by atoms with van der Waals surface area (Å²) < 4.78 is 15.9. The Hall–Kier alpha value is -4.07. The van der Waals surface area contributed by atoms with E-state index in [1.807, 2.05) is 35.7 Å². The topological polar surface area (TPSA) is 104 Å². The van der Waals surface area contributed by atoms with Crippen LogP contribution in [0.15, 0.2) is 60.0 Å². The first-order valence-corrected chi connectivity index (χ1v) is 13.4. The fourth-order valence-corrected chi connectivity index (χ4v) is 4.69. The van der Waals surface area contributed by atoms with E-state index >= 15 is 0 Å². The molecule has 3 rings (SSSR count). The third kappa shape index (κ3) is 9.02. The summed E-state index contributed by atoms with van der Waals surface area (Å²) in [4.78, 5) is 31.1. The molecule has 10 heteroatoms. The van der Waals surface area contributed by atoms with Crippen molar-refractivity contribution < 1.29 is 23.8 Å². The number of hydrogen-bond acceptors (Lipinski definition) is 7. The van der Waals surface area contributed by atoms with Crippen molar-refractivity contribution in [2.45, 2.75) is 19.4 Å². The van der Waals surface area contributed by atoms with Gasteiger partial charge in [0, 0.05) is 37.4 Å². The smallest absolute Gasteiger partial charge is 0.322 e. The van der Waals surface area contributed by atoms with Gasteiger partial charge in [-0.15, -0.1) is 11.3 Å². The Kier molecular flexibility index (Phi) is 11.6. The molecule has 2 aromatic carbocycles. The number of nitrogens with one attached hydrogen (secondary N) is 1. The fourth-order valence-electron chi connectivity index (χ4n) is 3.97. The summed E-state index contributed by atoms with van der Waals surface area (Å²) in [7, 11) is 4.78. The highest BCUT2D eigenvalue weighted by atomic mass is 32.1. The molecule has 39 heavy (non-hydrogen) atoms. The van der Waals surface area contributed by atoms with Crippen molar-refractivity contribution in [3.05, 3.63) is 76.0 Å². The molecule has 0 aliphatic carbocycles. The maximum atomic E-state index is 13.6. The summed E-state index contributed by atoms with van der Waals surface area (Å²) in [5, 5.41) is 14.0. The molecule has 0 saturated carbocycles. The molecule has 3 amide bonds. The molecule has 0 fully saturated rings. The number of nitriles is 1. The average molecular weight is 551 g/mol. The van der Waals surface area contributed by atoms with Crippen LogP contribution in [0, 0.1) is 11.3 Å². The number of nitrogens with zero attached hydrogens (tertiary/aromatic N) is 3. The summed E-state index contributed by atoms with van der Waals surface area (Å²) in [5.41, 5.74) is 1.93. The van der Waals surface area contributed by atoms with E-state index in [1.54, 1.807) is 61.8 Å². The number of benzene rings is 2. The van der Waals surface area contributed by atoms with Gasteiger partial charge in [-0.3, -0.25) is 4.79 Å². The molecule has 3 aromatic rings. The van der Waals surface area contributed by atoms with Gasteiger partial charge >= 0.3 is 6.03 Å². The van der Waals surface area contributed by atoms with E-state index in [4.69, 9.17) is 14.2 Å². The highest BCUT2D eigenvalue weighted by molar-refractivity contribution is 7.09. The Morgan fingerprint density at radius 2 is 1.79 bits per heavy atom. The van der Waals surface area contributed by atoms with Gasteiger partial charge in [-0.2, -0.15) is 5.26 Å². The van der Waals surface area contributed by atoms with Crippen molar-refractivity contribution in [1.29, 1.82) is 5.26 Å². The Labute approximate surface area is 233 Å². The van der Waals surface area contributed by atoms with Gasteiger partial charge in [0.1, 0.15) is 6.54 Å². The largest absolute Gasteiger partial charge is 0.493 e. The van der Waals surface area contributed by atoms with Gasteiger partial charge in [0.05, 0.1) is 32.4 Å². The van der Waals surface area contributed by atoms with Crippen molar-refractivity contribution in [2.24, 2.45) is 0 Å². The van der Waals surface area contributed by atoms with Crippen LogP contribution in [0.1, 0.15) is 22.4 Å². The third-order valence-corrected chi connectivity index (χ3v) is 6.89. The van der Waals surface area contributed by atoms with E-state index in [9.17, 15) is 14.9 Å². The highest BCUT2D eigenvalue weighted by Gasteiger charge is 2.22. The standard InChI is InChI=1S/C29H34N4O5S/c1-36-15-6-13-33(29(35)31-24-8-4-7-23(17-24)19-30)21-28(34)32(20-25-9-5-16-39-25)14-12-22-10-11-26(37-2)27(18-22)38-3/h4-5,7-11,16-18H,6,12-15,20-21H2,1-3H3,(H,31,35). The number of urea groups is 1. The normalized spacial score (nSPS) is 10.4. The molecule has 0 unspecified atom stereocenters. The minimum Gasteiger partial charge on any atom is -0.493 e. The molecule has 0 radical (unpaired) electrons. The molecule has 1 aromatic heterocycles. The van der Waals surface area contributed by atoms with Crippen LogP contribution >= 0.6 is 11.3 Å². The van der Waals surface area contributed by atoms with Crippen LogP contribution in [0.2, 0.25) is 0 Å². The number of anilines is 1. The predicted molar refractivity (Wildman–Crippen MR) is 151 cm³/mol. The Bertz CT molecular complexity index is 1260. The van der Waals surface area contributed by atoms with Crippen molar-refractivity contribution in [3.8, 4) is 17.6 Å². The first kappa shape index (κ1) is 29.5. The monoisotopic (exact) mass is 550 g/mol. The molecular weight excluding hydrogens is 516 g/mol. The molecule has 0 saturated heterocycles. The van der Waals surface area contributed by atoms with E-state index in [1.165, 1.54) is 4.90 Å². The van der Waals surface area contributed by atoms with E-state index in [-0.39, 0.29) is 12.5 Å². The molecule has 0 atom stereocenters. The maximum Gasteiger partial charge on any atom is 0.322 e. The third-order valence-electron chi connectivity index (χ3n) is 6.03. The highest BCUT2D eigenvalue weighted by Crippen LogP contribution is 2.28. The maximum absolute atomic E-state index is 13.6. The molecule has 0 bridgehead atoms. The number of thiophene rings is 1. The van der Waals surface area contributed by atoms with Gasteiger partial charge in [-0.25, -0.2) is 4.79 Å². The number of hydrogen-bond donors (Lipinski definition) is 1. The van der Waals surface area contributed by atoms with Gasteiger partial charge < -0.3 is 29.3 Å². The summed E-state index contributed by atoms with van der Waals surface area (Å²) in [5.74, 6) is 1.11. The van der Waals surface area contributed by atoms with Gasteiger partial charge in [0.2, 0.25) is 5.91 Å². The van der Waals surface area contributed by atoms with Gasteiger partial charge in [0.15, 0.2) is 11.5 Å². The number of amides is 3. The second-order valence-corrected chi connectivity index (χ2v) is 9.76. The number of carbonyl (C=O) groups is 2. The number of ether oxygens (including phenoxy) is 3. The van der Waals surface area contributed by atoms with Crippen LogP contribution in [0.5, 0.6) is 11.5 Å². The lowest BCUT2D eigenvalue weighted by Gasteiger charge is -2.28. The molecular formula is C29H34N4O5S. The Balaban J connectivity index is 1.75. The molecule has 206 valence electrons. The van der Waals surface area contributed by atoms with Crippen LogP contribution in [0.25, 0.3) is 0 Å². The van der Waals surface area contributed by atoms with Crippen LogP contribution in [0.4, 0.5) is 10.5 Å². The number of methoxy groups -OCH3 is 3. The fraction of sp³-hybridized carbons (Fsp3) is 0.345. The van der Waals surface area contributed by atoms with Crippen LogP contribution in [-0.4, -0.2) is 69.3 Å². The first-order valence-electron chi connectivity index (χ1n) is 12.5. The SMILES string of the molecule is COCCCN(CC(=O)N(CCc1ccc(OC)c(OC)c1)Cc1cccs1)C(=O)Nc1cccc(C#N)c1. The van der Waals surface area contributed by atoms with Gasteiger partial charge in [-0.05, 0) is 60.2 Å². The first-order chi connectivity index (χ1) is 19.0. The zero-order valence-corrected chi connectivity index (χ0v) is 23.3. The van der Waals surface area contributed by atoms with Crippen molar-refractivity contribution in [1.82, 2.24) is 9.80 Å². The second-order valence-electron chi connectivity index (χ2n) is 8.72. The van der Waals surface area contributed by atoms with Gasteiger partial charge in [0.25, 0.3) is 0 Å². The Morgan fingerprint density at radius 1 is 0.974 bits per heavy atom. The molecule has 0 spiro atoms. The van der Waals surface area contributed by atoms with Crippen molar-refractivity contribution in [3.63, 3.8) is 0 Å². The van der Waals surface area contributed by atoms with Gasteiger partial charge in [-0.1, -0.05) is 18.2 Å². The molecule has 0 aliphatic heterocycles. The lowest BCUT2D eigenvalue weighted by molar-refractivity contribution is -0.132. The molecule has 0 aliphatic rings. The zero-order chi connectivity index (χ0) is 28.0. The summed E-state index contributed by atoms with van der Waals surface area (Å²) in [6.07, 6.45) is 1.18. The second kappa shape index (κ2) is 15.4. The minimum atomic E-state index is -0.412. The zero-order valence-electron chi connectivity index (χ0n) is 22.5. The molecule has 9 nitrogen and oxygen atoms in total. The number of carbonyl (C=O) groups excluding carboxylic acids is 2. The lowest BCUT2D eigenvalue weighted by atomic mass is 10.1.